The molecule has 1 heterocycles. The van der Waals surface area contributed by atoms with Gasteiger partial charge in [-0.15, -0.1) is 0 Å². The SMILES string of the molecule is CCOC(=O)C(c1ccc2c(c1)OCCO2)C(C(=O)OC)c1ccccc1. The molecule has 0 saturated heterocycles. The first-order valence-corrected chi connectivity index (χ1v) is 8.84. The van der Waals surface area contributed by atoms with E-state index in [2.05, 4.69) is 0 Å². The summed E-state index contributed by atoms with van der Waals surface area (Å²) in [6.07, 6.45) is 0. The van der Waals surface area contributed by atoms with Crippen LogP contribution in [0.4, 0.5) is 0 Å². The molecule has 0 bridgehead atoms. The lowest BCUT2D eigenvalue weighted by atomic mass is 9.81. The number of hydrogen-bond donors (Lipinski definition) is 0. The topological polar surface area (TPSA) is 71.1 Å². The van der Waals surface area contributed by atoms with E-state index in [9.17, 15) is 9.59 Å². The average Bonchev–Trinajstić information content (AvgIpc) is 2.71. The molecule has 2 aromatic carbocycles. The lowest BCUT2D eigenvalue weighted by Crippen LogP contribution is -2.29. The zero-order valence-corrected chi connectivity index (χ0v) is 15.3. The van der Waals surface area contributed by atoms with Crippen molar-refractivity contribution in [3.63, 3.8) is 0 Å². The van der Waals surface area contributed by atoms with Crippen molar-refractivity contribution >= 4 is 11.9 Å². The third kappa shape index (κ3) is 4.05. The molecule has 2 unspecified atom stereocenters. The van der Waals surface area contributed by atoms with Gasteiger partial charge in [0.25, 0.3) is 0 Å². The van der Waals surface area contributed by atoms with Crippen LogP contribution < -0.4 is 9.47 Å². The summed E-state index contributed by atoms with van der Waals surface area (Å²) in [6, 6.07) is 14.3. The van der Waals surface area contributed by atoms with Crippen LogP contribution in [-0.2, 0) is 19.1 Å². The van der Waals surface area contributed by atoms with Gasteiger partial charge in [-0.3, -0.25) is 9.59 Å². The molecule has 0 aromatic heterocycles. The first-order valence-electron chi connectivity index (χ1n) is 8.84. The van der Waals surface area contributed by atoms with Crippen molar-refractivity contribution in [1.29, 1.82) is 0 Å². The van der Waals surface area contributed by atoms with Crippen molar-refractivity contribution in [1.82, 2.24) is 0 Å². The monoisotopic (exact) mass is 370 g/mol. The second-order valence-electron chi connectivity index (χ2n) is 6.04. The van der Waals surface area contributed by atoms with Crippen LogP contribution in [0.3, 0.4) is 0 Å². The number of benzene rings is 2. The highest BCUT2D eigenvalue weighted by Crippen LogP contribution is 2.39. The van der Waals surface area contributed by atoms with Crippen LogP contribution in [0.25, 0.3) is 0 Å². The van der Waals surface area contributed by atoms with Gasteiger partial charge in [0.15, 0.2) is 11.5 Å². The molecule has 2 aromatic rings. The Labute approximate surface area is 158 Å². The van der Waals surface area contributed by atoms with Gasteiger partial charge in [-0.1, -0.05) is 36.4 Å². The van der Waals surface area contributed by atoms with E-state index in [1.807, 2.05) is 18.2 Å². The highest BCUT2D eigenvalue weighted by molar-refractivity contribution is 5.90. The maximum atomic E-state index is 12.8. The van der Waals surface area contributed by atoms with Crippen molar-refractivity contribution in [3.05, 3.63) is 59.7 Å². The number of hydrogen-bond acceptors (Lipinski definition) is 6. The third-order valence-corrected chi connectivity index (χ3v) is 4.41. The first kappa shape index (κ1) is 18.8. The van der Waals surface area contributed by atoms with Crippen LogP contribution in [0.2, 0.25) is 0 Å². The fourth-order valence-corrected chi connectivity index (χ4v) is 3.20. The fraction of sp³-hybridized carbons (Fsp3) is 0.333. The molecule has 0 N–H and O–H groups in total. The highest BCUT2D eigenvalue weighted by atomic mass is 16.6. The quantitative estimate of drug-likeness (QED) is 0.728. The molecule has 0 spiro atoms. The largest absolute Gasteiger partial charge is 0.486 e. The summed E-state index contributed by atoms with van der Waals surface area (Å²) >= 11 is 0. The molecule has 2 atom stereocenters. The van der Waals surface area contributed by atoms with Gasteiger partial charge in [-0.2, -0.15) is 0 Å². The van der Waals surface area contributed by atoms with Crippen LogP contribution in [0.5, 0.6) is 11.5 Å². The summed E-state index contributed by atoms with van der Waals surface area (Å²) < 4.78 is 21.5. The molecular weight excluding hydrogens is 348 g/mol. The molecule has 0 fully saturated rings. The number of carbonyl (C=O) groups excluding carboxylic acids is 2. The van der Waals surface area contributed by atoms with Crippen molar-refractivity contribution in [2.75, 3.05) is 26.9 Å². The van der Waals surface area contributed by atoms with Gasteiger partial charge < -0.3 is 18.9 Å². The van der Waals surface area contributed by atoms with E-state index in [-0.39, 0.29) is 6.61 Å². The lowest BCUT2D eigenvalue weighted by molar-refractivity contribution is -0.152. The highest BCUT2D eigenvalue weighted by Gasteiger charge is 2.38. The minimum Gasteiger partial charge on any atom is -0.486 e. The summed E-state index contributed by atoms with van der Waals surface area (Å²) in [6.45, 7) is 2.85. The second kappa shape index (κ2) is 8.58. The van der Waals surface area contributed by atoms with Gasteiger partial charge in [-0.05, 0) is 30.2 Å². The molecule has 6 nitrogen and oxygen atoms in total. The van der Waals surface area contributed by atoms with Crippen molar-refractivity contribution in [2.45, 2.75) is 18.8 Å². The van der Waals surface area contributed by atoms with Gasteiger partial charge in [0.05, 0.1) is 25.6 Å². The number of fused-ring (bicyclic) bond motifs is 1. The Morgan fingerprint density at radius 1 is 0.926 bits per heavy atom. The predicted octanol–water partition coefficient (Wildman–Crippen LogP) is 3.06. The van der Waals surface area contributed by atoms with Crippen LogP contribution in [0.15, 0.2) is 48.5 Å². The van der Waals surface area contributed by atoms with Crippen LogP contribution in [0, 0.1) is 0 Å². The van der Waals surface area contributed by atoms with E-state index in [1.54, 1.807) is 37.3 Å². The second-order valence-corrected chi connectivity index (χ2v) is 6.04. The van der Waals surface area contributed by atoms with Crippen molar-refractivity contribution in [2.24, 2.45) is 0 Å². The fourth-order valence-electron chi connectivity index (χ4n) is 3.20. The smallest absolute Gasteiger partial charge is 0.314 e. The molecule has 1 aliphatic rings. The molecule has 0 amide bonds. The Kier molecular flexibility index (Phi) is 5.96. The van der Waals surface area contributed by atoms with E-state index in [1.165, 1.54) is 7.11 Å². The predicted molar refractivity (Wildman–Crippen MR) is 98.0 cm³/mol. The molecule has 3 rings (SSSR count). The Morgan fingerprint density at radius 3 is 2.26 bits per heavy atom. The maximum Gasteiger partial charge on any atom is 0.314 e. The van der Waals surface area contributed by atoms with E-state index in [0.29, 0.717) is 35.8 Å². The normalized spacial score (nSPS) is 14.7. The molecule has 0 aliphatic carbocycles. The number of methoxy groups -OCH3 is 1. The van der Waals surface area contributed by atoms with E-state index in [0.717, 1.165) is 0 Å². The lowest BCUT2D eigenvalue weighted by Gasteiger charge is -2.26. The number of carbonyl (C=O) groups is 2. The summed E-state index contributed by atoms with van der Waals surface area (Å²) in [7, 11) is 1.31. The summed E-state index contributed by atoms with van der Waals surface area (Å²) in [5.41, 5.74) is 1.29. The Hall–Kier alpha value is -3.02. The van der Waals surface area contributed by atoms with Gasteiger partial charge in [0, 0.05) is 0 Å². The summed E-state index contributed by atoms with van der Waals surface area (Å²) in [5, 5.41) is 0. The molecule has 1 aliphatic heterocycles. The summed E-state index contributed by atoms with van der Waals surface area (Å²) in [5.74, 6) is -1.54. The Morgan fingerprint density at radius 2 is 1.59 bits per heavy atom. The van der Waals surface area contributed by atoms with Crippen molar-refractivity contribution < 1.29 is 28.5 Å². The Bertz CT molecular complexity index is 802. The average molecular weight is 370 g/mol. The molecule has 27 heavy (non-hydrogen) atoms. The van der Waals surface area contributed by atoms with E-state index >= 15 is 0 Å². The molecule has 0 saturated carbocycles. The van der Waals surface area contributed by atoms with Crippen molar-refractivity contribution in [3.8, 4) is 11.5 Å². The van der Waals surface area contributed by atoms with Crippen LogP contribution in [-0.4, -0.2) is 38.9 Å². The third-order valence-electron chi connectivity index (χ3n) is 4.41. The van der Waals surface area contributed by atoms with Crippen LogP contribution >= 0.6 is 0 Å². The van der Waals surface area contributed by atoms with E-state index < -0.39 is 23.8 Å². The van der Waals surface area contributed by atoms with Crippen LogP contribution in [0.1, 0.15) is 29.9 Å². The summed E-state index contributed by atoms with van der Waals surface area (Å²) in [4.78, 5) is 25.5. The molecular formula is C21H22O6. The zero-order valence-electron chi connectivity index (χ0n) is 15.3. The van der Waals surface area contributed by atoms with E-state index in [4.69, 9.17) is 18.9 Å². The van der Waals surface area contributed by atoms with Gasteiger partial charge in [0.1, 0.15) is 13.2 Å². The first-order chi connectivity index (χ1) is 13.2. The molecule has 0 radical (unpaired) electrons. The van der Waals surface area contributed by atoms with Gasteiger partial charge in [0.2, 0.25) is 0 Å². The molecule has 6 heteroatoms. The number of rotatable bonds is 6. The number of ether oxygens (including phenoxy) is 4. The minimum atomic E-state index is -0.865. The maximum absolute atomic E-state index is 12.8. The standard InChI is InChI=1S/C21H22O6/c1-3-25-21(23)19(15-9-10-16-17(13-15)27-12-11-26-16)18(20(22)24-2)14-7-5-4-6-8-14/h4-10,13,18-19H,3,11-12H2,1-2H3. The minimum absolute atomic E-state index is 0.211. The van der Waals surface area contributed by atoms with Gasteiger partial charge >= 0.3 is 11.9 Å². The van der Waals surface area contributed by atoms with Gasteiger partial charge in [-0.25, -0.2) is 0 Å². The molecule has 142 valence electrons. The number of esters is 2. The Balaban J connectivity index is 2.08. The zero-order chi connectivity index (χ0) is 19.2.